The van der Waals surface area contributed by atoms with E-state index in [0.29, 0.717) is 10.7 Å². The Morgan fingerprint density at radius 1 is 1.23 bits per heavy atom. The number of nitrogens with one attached hydrogen (secondary N) is 1. The Hall–Kier alpha value is -2.73. The Bertz CT molecular complexity index is 868. The van der Waals surface area contributed by atoms with Crippen LogP contribution in [0.25, 0.3) is 11.3 Å². The number of aryl methyl sites for hydroxylation is 1. The van der Waals surface area contributed by atoms with Gasteiger partial charge in [-0.1, -0.05) is 30.3 Å². The van der Waals surface area contributed by atoms with E-state index in [-0.39, 0.29) is 11.5 Å². The van der Waals surface area contributed by atoms with E-state index in [2.05, 4.69) is 10.3 Å². The number of rotatable bonds is 3. The third-order valence-electron chi connectivity index (χ3n) is 3.16. The summed E-state index contributed by atoms with van der Waals surface area (Å²) in [5.41, 5.74) is 1.90. The minimum atomic E-state index is -0.341. The summed E-state index contributed by atoms with van der Waals surface area (Å²) in [6.07, 6.45) is 1.56. The van der Waals surface area contributed by atoms with Gasteiger partial charge in [0, 0.05) is 35.8 Å². The van der Waals surface area contributed by atoms with Crippen LogP contribution >= 0.6 is 11.3 Å². The smallest absolute Gasteiger partial charge is 0.257 e. The predicted octanol–water partition coefficient (Wildman–Crippen LogP) is 2.76. The van der Waals surface area contributed by atoms with Gasteiger partial charge in [0.25, 0.3) is 11.5 Å². The molecule has 1 aromatic carbocycles. The highest BCUT2D eigenvalue weighted by Crippen LogP contribution is 2.24. The molecule has 0 fully saturated rings. The Morgan fingerprint density at radius 3 is 2.73 bits per heavy atom. The molecule has 2 heterocycles. The molecular formula is C16H13N3O2S. The first kappa shape index (κ1) is 14.2. The monoisotopic (exact) mass is 311 g/mol. The molecule has 22 heavy (non-hydrogen) atoms. The number of pyridine rings is 1. The summed E-state index contributed by atoms with van der Waals surface area (Å²) in [5, 5.41) is 5.10. The summed E-state index contributed by atoms with van der Waals surface area (Å²) in [6.45, 7) is 0. The van der Waals surface area contributed by atoms with Crippen molar-refractivity contribution in [2.45, 2.75) is 0 Å². The summed E-state index contributed by atoms with van der Waals surface area (Å²) < 4.78 is 1.41. The van der Waals surface area contributed by atoms with Crippen LogP contribution in [-0.2, 0) is 7.05 Å². The second-order valence-corrected chi connectivity index (χ2v) is 5.58. The lowest BCUT2D eigenvalue weighted by Crippen LogP contribution is -2.19. The number of anilines is 1. The van der Waals surface area contributed by atoms with Crippen molar-refractivity contribution in [3.05, 3.63) is 70.0 Å². The molecule has 1 amide bonds. The van der Waals surface area contributed by atoms with Gasteiger partial charge >= 0.3 is 0 Å². The number of hydrogen-bond acceptors (Lipinski definition) is 4. The average molecular weight is 311 g/mol. The molecule has 5 nitrogen and oxygen atoms in total. The molecule has 0 unspecified atom stereocenters. The molecule has 0 saturated heterocycles. The Labute approximate surface area is 130 Å². The number of aromatic nitrogens is 2. The highest BCUT2D eigenvalue weighted by Gasteiger charge is 2.10. The van der Waals surface area contributed by atoms with Gasteiger partial charge in [0.05, 0.1) is 5.69 Å². The van der Waals surface area contributed by atoms with Crippen LogP contribution in [0.15, 0.2) is 58.8 Å². The zero-order valence-electron chi connectivity index (χ0n) is 11.8. The van der Waals surface area contributed by atoms with E-state index in [4.69, 9.17) is 0 Å². The maximum absolute atomic E-state index is 12.1. The van der Waals surface area contributed by atoms with Crippen LogP contribution < -0.4 is 10.9 Å². The van der Waals surface area contributed by atoms with Crippen LogP contribution in [0, 0.1) is 0 Å². The molecule has 6 heteroatoms. The number of hydrogen-bond donors (Lipinski definition) is 1. The van der Waals surface area contributed by atoms with Gasteiger partial charge in [0.1, 0.15) is 0 Å². The predicted molar refractivity (Wildman–Crippen MR) is 87.2 cm³/mol. The Kier molecular flexibility index (Phi) is 3.84. The van der Waals surface area contributed by atoms with E-state index in [1.54, 1.807) is 19.3 Å². The van der Waals surface area contributed by atoms with E-state index in [1.807, 2.05) is 35.7 Å². The van der Waals surface area contributed by atoms with E-state index in [0.717, 1.165) is 11.3 Å². The summed E-state index contributed by atoms with van der Waals surface area (Å²) in [4.78, 5) is 28.1. The SMILES string of the molecule is Cn1ccc(C(=O)Nc2nc(-c3ccccc3)cs2)cc1=O. The van der Waals surface area contributed by atoms with Crippen LogP contribution in [0.2, 0.25) is 0 Å². The number of amides is 1. The number of thiazole rings is 1. The highest BCUT2D eigenvalue weighted by atomic mass is 32.1. The van der Waals surface area contributed by atoms with Gasteiger partial charge in [0.2, 0.25) is 0 Å². The van der Waals surface area contributed by atoms with Gasteiger partial charge < -0.3 is 4.57 Å². The van der Waals surface area contributed by atoms with Crippen molar-refractivity contribution in [1.82, 2.24) is 9.55 Å². The van der Waals surface area contributed by atoms with Gasteiger partial charge in [-0.25, -0.2) is 4.98 Å². The third kappa shape index (κ3) is 2.96. The summed E-state index contributed by atoms with van der Waals surface area (Å²) in [5.74, 6) is -0.341. The minimum absolute atomic E-state index is 0.225. The number of carbonyl (C=O) groups excluding carboxylic acids is 1. The number of nitrogens with zero attached hydrogens (tertiary/aromatic N) is 2. The van der Waals surface area contributed by atoms with Gasteiger partial charge in [-0.3, -0.25) is 14.9 Å². The molecule has 1 N–H and O–H groups in total. The van der Waals surface area contributed by atoms with E-state index in [1.165, 1.54) is 22.0 Å². The van der Waals surface area contributed by atoms with Crippen molar-refractivity contribution < 1.29 is 4.79 Å². The quantitative estimate of drug-likeness (QED) is 0.809. The second-order valence-electron chi connectivity index (χ2n) is 4.72. The van der Waals surface area contributed by atoms with Crippen LogP contribution in [-0.4, -0.2) is 15.5 Å². The zero-order valence-corrected chi connectivity index (χ0v) is 12.6. The summed E-state index contributed by atoms with van der Waals surface area (Å²) in [6, 6.07) is 12.6. The van der Waals surface area contributed by atoms with E-state index in [9.17, 15) is 9.59 Å². The fourth-order valence-corrected chi connectivity index (χ4v) is 2.65. The first-order valence-corrected chi connectivity index (χ1v) is 7.50. The molecular weight excluding hydrogens is 298 g/mol. The molecule has 0 bridgehead atoms. The largest absolute Gasteiger partial charge is 0.319 e. The van der Waals surface area contributed by atoms with Crippen LogP contribution in [0.5, 0.6) is 0 Å². The second kappa shape index (κ2) is 5.95. The number of carbonyl (C=O) groups is 1. The molecule has 0 aliphatic carbocycles. The summed E-state index contributed by atoms with van der Waals surface area (Å²) >= 11 is 1.35. The zero-order chi connectivity index (χ0) is 15.5. The lowest BCUT2D eigenvalue weighted by atomic mass is 10.2. The molecule has 2 aromatic heterocycles. The van der Waals surface area contributed by atoms with Crippen molar-refractivity contribution >= 4 is 22.4 Å². The van der Waals surface area contributed by atoms with Gasteiger partial charge in [-0.15, -0.1) is 11.3 Å². The van der Waals surface area contributed by atoms with Crippen molar-refractivity contribution in [1.29, 1.82) is 0 Å². The molecule has 0 spiro atoms. The van der Waals surface area contributed by atoms with Crippen LogP contribution in [0.3, 0.4) is 0 Å². The molecule has 0 saturated carbocycles. The Balaban J connectivity index is 1.79. The lowest BCUT2D eigenvalue weighted by Gasteiger charge is -2.02. The van der Waals surface area contributed by atoms with Crippen LogP contribution in [0.4, 0.5) is 5.13 Å². The van der Waals surface area contributed by atoms with Crippen LogP contribution in [0.1, 0.15) is 10.4 Å². The normalized spacial score (nSPS) is 10.4. The molecule has 3 rings (SSSR count). The van der Waals surface area contributed by atoms with Crippen molar-refractivity contribution in [3.8, 4) is 11.3 Å². The number of benzene rings is 1. The Morgan fingerprint density at radius 2 is 2.00 bits per heavy atom. The van der Waals surface area contributed by atoms with Crippen molar-refractivity contribution in [3.63, 3.8) is 0 Å². The van der Waals surface area contributed by atoms with E-state index >= 15 is 0 Å². The molecule has 0 radical (unpaired) electrons. The van der Waals surface area contributed by atoms with Crippen molar-refractivity contribution in [2.75, 3.05) is 5.32 Å². The summed E-state index contributed by atoms with van der Waals surface area (Å²) in [7, 11) is 1.64. The molecule has 110 valence electrons. The standard InChI is InChI=1S/C16H13N3O2S/c1-19-8-7-12(9-14(19)20)15(21)18-16-17-13(10-22-16)11-5-3-2-4-6-11/h2-10H,1H3,(H,17,18,21). The fraction of sp³-hybridized carbons (Fsp3) is 0.0625. The molecule has 3 aromatic rings. The van der Waals surface area contributed by atoms with Gasteiger partial charge in [0.15, 0.2) is 5.13 Å². The van der Waals surface area contributed by atoms with Gasteiger partial charge in [-0.2, -0.15) is 0 Å². The maximum Gasteiger partial charge on any atom is 0.257 e. The first-order valence-electron chi connectivity index (χ1n) is 6.62. The first-order chi connectivity index (χ1) is 10.6. The molecule has 0 aliphatic heterocycles. The fourth-order valence-electron chi connectivity index (χ4n) is 1.93. The maximum atomic E-state index is 12.1. The van der Waals surface area contributed by atoms with E-state index < -0.39 is 0 Å². The lowest BCUT2D eigenvalue weighted by molar-refractivity contribution is 0.102. The molecule has 0 aliphatic rings. The van der Waals surface area contributed by atoms with Gasteiger partial charge in [-0.05, 0) is 6.07 Å². The molecule has 0 atom stereocenters. The minimum Gasteiger partial charge on any atom is -0.319 e. The third-order valence-corrected chi connectivity index (χ3v) is 3.92. The highest BCUT2D eigenvalue weighted by molar-refractivity contribution is 7.14. The van der Waals surface area contributed by atoms with Crippen molar-refractivity contribution in [2.24, 2.45) is 7.05 Å². The topological polar surface area (TPSA) is 64.0 Å². The average Bonchev–Trinajstić information content (AvgIpc) is 2.99.